The molecule has 0 radical (unpaired) electrons. The zero-order chi connectivity index (χ0) is 26.6. The average Bonchev–Trinajstić information content (AvgIpc) is 3.50. The molecule has 4 rings (SSSR count). The Morgan fingerprint density at radius 2 is 1.76 bits per heavy atom. The maximum atomic E-state index is 13.8. The lowest BCUT2D eigenvalue weighted by molar-refractivity contribution is -0.128. The predicted octanol–water partition coefficient (Wildman–Crippen LogP) is 3.94. The Labute approximate surface area is 215 Å². The van der Waals surface area contributed by atoms with Crippen molar-refractivity contribution in [3.05, 3.63) is 78.1 Å². The monoisotopic (exact) mass is 502 g/mol. The molecule has 2 aromatic heterocycles. The Balaban J connectivity index is 1.72. The summed E-state index contributed by atoms with van der Waals surface area (Å²) in [6.45, 7) is 7.25. The number of hydrogen-bond acceptors (Lipinski definition) is 7. The number of methoxy groups -OCH3 is 1. The van der Waals surface area contributed by atoms with Crippen LogP contribution in [-0.4, -0.2) is 44.7 Å². The van der Waals surface area contributed by atoms with Crippen molar-refractivity contribution in [2.45, 2.75) is 45.8 Å². The number of rotatable bonds is 8. The standard InChI is InChI=1S/C27H30N6O4/c1-18-11-16-22(37-18)25-29-31-32(30-25)17-23(34)33(20-9-7-6-8-10-20)24(26(35)28-27(2,3)4)19-12-14-21(36-5)15-13-19/h6-16,24H,17H2,1-5H3,(H,28,35)/t24-/m0/s1. The number of aromatic nitrogens is 4. The topological polar surface area (TPSA) is 115 Å². The Hall–Kier alpha value is -4.47. The van der Waals surface area contributed by atoms with E-state index in [1.807, 2.05) is 45.9 Å². The molecule has 0 aliphatic rings. The van der Waals surface area contributed by atoms with Crippen LogP contribution in [0.5, 0.6) is 5.75 Å². The second kappa shape index (κ2) is 10.7. The van der Waals surface area contributed by atoms with Crippen LogP contribution in [0.1, 0.15) is 38.1 Å². The lowest BCUT2D eigenvalue weighted by atomic mass is 10.0. The summed E-state index contributed by atoms with van der Waals surface area (Å²) in [5.41, 5.74) is 0.661. The molecule has 2 amide bonds. The highest BCUT2D eigenvalue weighted by Gasteiger charge is 2.35. The van der Waals surface area contributed by atoms with Crippen molar-refractivity contribution in [1.82, 2.24) is 25.5 Å². The van der Waals surface area contributed by atoms with E-state index < -0.39 is 17.5 Å². The Kier molecular flexibility index (Phi) is 7.37. The van der Waals surface area contributed by atoms with Crippen molar-refractivity contribution in [2.75, 3.05) is 12.0 Å². The first-order chi connectivity index (χ1) is 17.6. The van der Waals surface area contributed by atoms with Crippen molar-refractivity contribution in [3.8, 4) is 17.3 Å². The summed E-state index contributed by atoms with van der Waals surface area (Å²) in [5, 5.41) is 15.4. The van der Waals surface area contributed by atoms with Gasteiger partial charge in [-0.3, -0.25) is 14.5 Å². The molecule has 192 valence electrons. The lowest BCUT2D eigenvalue weighted by Crippen LogP contribution is -2.50. The minimum atomic E-state index is -0.962. The fourth-order valence-electron chi connectivity index (χ4n) is 3.83. The molecule has 10 heteroatoms. The van der Waals surface area contributed by atoms with Gasteiger partial charge in [0.05, 0.1) is 7.11 Å². The number of carbonyl (C=O) groups excluding carboxylic acids is 2. The van der Waals surface area contributed by atoms with Gasteiger partial charge in [-0.1, -0.05) is 30.3 Å². The molecule has 10 nitrogen and oxygen atoms in total. The molecule has 1 atom stereocenters. The highest BCUT2D eigenvalue weighted by molar-refractivity contribution is 6.01. The number of para-hydroxylation sites is 1. The van der Waals surface area contributed by atoms with E-state index in [9.17, 15) is 9.59 Å². The molecule has 2 heterocycles. The van der Waals surface area contributed by atoms with Gasteiger partial charge in [-0.15, -0.1) is 10.2 Å². The molecule has 0 spiro atoms. The molecule has 0 saturated carbocycles. The normalized spacial score (nSPS) is 12.1. The predicted molar refractivity (Wildman–Crippen MR) is 138 cm³/mol. The summed E-state index contributed by atoms with van der Waals surface area (Å²) >= 11 is 0. The number of nitrogens with one attached hydrogen (secondary N) is 1. The van der Waals surface area contributed by atoms with Crippen LogP contribution in [-0.2, 0) is 16.1 Å². The van der Waals surface area contributed by atoms with E-state index >= 15 is 0 Å². The van der Waals surface area contributed by atoms with E-state index in [-0.39, 0.29) is 18.3 Å². The minimum Gasteiger partial charge on any atom is -0.497 e. The number of amides is 2. The van der Waals surface area contributed by atoms with Gasteiger partial charge in [0.15, 0.2) is 5.76 Å². The van der Waals surface area contributed by atoms with Crippen molar-refractivity contribution in [3.63, 3.8) is 0 Å². The molecular formula is C27H30N6O4. The number of ether oxygens (including phenoxy) is 1. The average molecular weight is 503 g/mol. The summed E-state index contributed by atoms with van der Waals surface area (Å²) in [7, 11) is 1.57. The van der Waals surface area contributed by atoms with E-state index in [4.69, 9.17) is 9.15 Å². The van der Waals surface area contributed by atoms with Gasteiger partial charge in [0.1, 0.15) is 24.1 Å². The summed E-state index contributed by atoms with van der Waals surface area (Å²) < 4.78 is 10.8. The number of anilines is 1. The Morgan fingerprint density at radius 3 is 2.35 bits per heavy atom. The van der Waals surface area contributed by atoms with Gasteiger partial charge in [-0.05, 0) is 74.9 Å². The zero-order valence-electron chi connectivity index (χ0n) is 21.5. The van der Waals surface area contributed by atoms with Crippen LogP contribution in [0.25, 0.3) is 11.6 Å². The molecule has 2 aromatic carbocycles. The second-order valence-corrected chi connectivity index (χ2v) is 9.57. The molecule has 1 N–H and O–H groups in total. The first-order valence-electron chi connectivity index (χ1n) is 11.8. The van der Waals surface area contributed by atoms with Gasteiger partial charge in [0, 0.05) is 11.2 Å². The van der Waals surface area contributed by atoms with Gasteiger partial charge in [-0.2, -0.15) is 4.80 Å². The van der Waals surface area contributed by atoms with Crippen molar-refractivity contribution < 1.29 is 18.7 Å². The molecule has 0 unspecified atom stereocenters. The van der Waals surface area contributed by atoms with Crippen LogP contribution in [0, 0.1) is 6.92 Å². The smallest absolute Gasteiger partial charge is 0.251 e. The maximum Gasteiger partial charge on any atom is 0.251 e. The fourth-order valence-corrected chi connectivity index (χ4v) is 3.83. The van der Waals surface area contributed by atoms with Crippen molar-refractivity contribution >= 4 is 17.5 Å². The third kappa shape index (κ3) is 6.21. The molecule has 37 heavy (non-hydrogen) atoms. The van der Waals surface area contributed by atoms with Gasteiger partial charge < -0.3 is 14.5 Å². The van der Waals surface area contributed by atoms with Crippen LogP contribution in [0.15, 0.2) is 71.1 Å². The number of tetrazole rings is 1. The first-order valence-corrected chi connectivity index (χ1v) is 11.8. The van der Waals surface area contributed by atoms with Crippen LogP contribution in [0.3, 0.4) is 0 Å². The number of hydrogen-bond donors (Lipinski definition) is 1. The number of nitrogens with zero attached hydrogens (tertiary/aromatic N) is 5. The summed E-state index contributed by atoms with van der Waals surface area (Å²) in [5.74, 6) is 1.36. The highest BCUT2D eigenvalue weighted by Crippen LogP contribution is 2.30. The van der Waals surface area contributed by atoms with E-state index in [1.54, 1.807) is 55.6 Å². The summed E-state index contributed by atoms with van der Waals surface area (Å²) in [4.78, 5) is 30.2. The quantitative estimate of drug-likeness (QED) is 0.388. The molecule has 0 saturated heterocycles. The van der Waals surface area contributed by atoms with Crippen LogP contribution < -0.4 is 15.0 Å². The van der Waals surface area contributed by atoms with Crippen molar-refractivity contribution in [2.24, 2.45) is 0 Å². The van der Waals surface area contributed by atoms with Crippen molar-refractivity contribution in [1.29, 1.82) is 0 Å². The molecule has 0 aliphatic carbocycles. The fraction of sp³-hybridized carbons (Fsp3) is 0.296. The van der Waals surface area contributed by atoms with Gasteiger partial charge in [0.25, 0.3) is 5.91 Å². The number of furan rings is 1. The Morgan fingerprint density at radius 1 is 1.05 bits per heavy atom. The molecule has 4 aromatic rings. The molecule has 0 bridgehead atoms. The maximum absolute atomic E-state index is 13.8. The lowest BCUT2D eigenvalue weighted by Gasteiger charge is -2.33. The van der Waals surface area contributed by atoms with Gasteiger partial charge in [0.2, 0.25) is 11.7 Å². The SMILES string of the molecule is COc1ccc([C@@H](C(=O)NC(C)(C)C)N(C(=O)Cn2nnc(-c3ccc(C)o3)n2)c2ccccc2)cc1. The van der Waals surface area contributed by atoms with Gasteiger partial charge in [-0.25, -0.2) is 0 Å². The number of carbonyl (C=O) groups is 2. The highest BCUT2D eigenvalue weighted by atomic mass is 16.5. The minimum absolute atomic E-state index is 0.239. The van der Waals surface area contributed by atoms with E-state index in [2.05, 4.69) is 20.7 Å². The van der Waals surface area contributed by atoms with Crippen LogP contribution in [0.2, 0.25) is 0 Å². The summed E-state index contributed by atoms with van der Waals surface area (Å²) in [6, 6.07) is 18.7. The largest absolute Gasteiger partial charge is 0.497 e. The number of benzene rings is 2. The molecule has 0 fully saturated rings. The van der Waals surface area contributed by atoms with Gasteiger partial charge >= 0.3 is 0 Å². The third-order valence-corrected chi connectivity index (χ3v) is 5.43. The second-order valence-electron chi connectivity index (χ2n) is 9.57. The zero-order valence-corrected chi connectivity index (χ0v) is 21.5. The Bertz CT molecular complexity index is 1360. The van der Waals surface area contributed by atoms with Crippen LogP contribution >= 0.6 is 0 Å². The molecular weight excluding hydrogens is 472 g/mol. The van der Waals surface area contributed by atoms with E-state index in [1.165, 1.54) is 9.70 Å². The van der Waals surface area contributed by atoms with Crippen LogP contribution in [0.4, 0.5) is 5.69 Å². The van der Waals surface area contributed by atoms with E-state index in [0.29, 0.717) is 28.5 Å². The number of aryl methyl sites for hydroxylation is 1. The summed E-state index contributed by atoms with van der Waals surface area (Å²) in [6.07, 6.45) is 0. The van der Waals surface area contributed by atoms with E-state index in [0.717, 1.165) is 0 Å². The first kappa shape index (κ1) is 25.6. The molecule has 0 aliphatic heterocycles. The third-order valence-electron chi connectivity index (χ3n) is 5.43.